The molecule has 1 saturated heterocycles. The Morgan fingerprint density at radius 3 is 2.96 bits per heavy atom. The van der Waals surface area contributed by atoms with E-state index in [4.69, 9.17) is 0 Å². The Hall–Kier alpha value is -2.66. The molecule has 3 aromatic rings. The highest BCUT2D eigenvalue weighted by molar-refractivity contribution is 5.92. The number of nitrogens with zero attached hydrogens (tertiary/aromatic N) is 3. The number of aryl methyl sites for hydroxylation is 1. The molecule has 0 radical (unpaired) electrons. The van der Waals surface area contributed by atoms with Crippen LogP contribution < -0.4 is 5.32 Å². The lowest BCUT2D eigenvalue weighted by atomic mass is 9.97. The summed E-state index contributed by atoms with van der Waals surface area (Å²) in [5, 5.41) is 3.09. The maximum atomic E-state index is 12.5. The van der Waals surface area contributed by atoms with Gasteiger partial charge in [-0.25, -0.2) is 4.98 Å². The number of imidazole rings is 1. The quantitative estimate of drug-likeness (QED) is 0.758. The third-order valence-electron chi connectivity index (χ3n) is 5.25. The third-order valence-corrected chi connectivity index (χ3v) is 5.25. The van der Waals surface area contributed by atoms with Crippen LogP contribution in [0.1, 0.15) is 34.5 Å². The number of hydrogen-bond acceptors (Lipinski definition) is 3. The fourth-order valence-corrected chi connectivity index (χ4v) is 3.82. The zero-order valence-electron chi connectivity index (χ0n) is 15.8. The molecule has 1 aliphatic heterocycles. The van der Waals surface area contributed by atoms with Gasteiger partial charge in [0.25, 0.3) is 5.91 Å². The van der Waals surface area contributed by atoms with Gasteiger partial charge in [0, 0.05) is 32.0 Å². The highest BCUT2D eigenvalue weighted by atomic mass is 16.1. The Morgan fingerprint density at radius 2 is 2.11 bits per heavy atom. The lowest BCUT2D eigenvalue weighted by Crippen LogP contribution is -2.40. The van der Waals surface area contributed by atoms with E-state index in [2.05, 4.69) is 45.5 Å². The number of likely N-dealkylation sites (tertiary alicyclic amines) is 1. The van der Waals surface area contributed by atoms with E-state index in [1.165, 1.54) is 12.0 Å². The van der Waals surface area contributed by atoms with Gasteiger partial charge in [0.15, 0.2) is 0 Å². The molecule has 1 unspecified atom stereocenters. The minimum atomic E-state index is -0.0865. The Balaban J connectivity index is 1.32. The van der Waals surface area contributed by atoms with Gasteiger partial charge in [0.1, 0.15) is 11.3 Å². The van der Waals surface area contributed by atoms with Gasteiger partial charge in [-0.1, -0.05) is 30.3 Å². The molecule has 3 heterocycles. The molecule has 1 aliphatic rings. The van der Waals surface area contributed by atoms with Crippen molar-refractivity contribution in [3.63, 3.8) is 0 Å². The van der Waals surface area contributed by atoms with Gasteiger partial charge in [0.05, 0.1) is 0 Å². The van der Waals surface area contributed by atoms with Crippen LogP contribution in [0.5, 0.6) is 0 Å². The SMILES string of the molecule is Cc1ccn2cc(C(=O)NCC3CCCN(Cc4ccccc4)C3)nc2c1. The van der Waals surface area contributed by atoms with E-state index in [-0.39, 0.29) is 5.91 Å². The number of piperidine rings is 1. The van der Waals surface area contributed by atoms with Crippen molar-refractivity contribution in [3.05, 3.63) is 71.7 Å². The van der Waals surface area contributed by atoms with Crippen LogP contribution in [0, 0.1) is 12.8 Å². The summed E-state index contributed by atoms with van der Waals surface area (Å²) in [7, 11) is 0. The number of benzene rings is 1. The first kappa shape index (κ1) is 17.7. The topological polar surface area (TPSA) is 49.6 Å². The normalized spacial score (nSPS) is 17.9. The Bertz CT molecular complexity index is 918. The van der Waals surface area contributed by atoms with Crippen LogP contribution in [-0.4, -0.2) is 39.8 Å². The van der Waals surface area contributed by atoms with Crippen LogP contribution in [0.3, 0.4) is 0 Å². The van der Waals surface area contributed by atoms with Crippen molar-refractivity contribution in [2.75, 3.05) is 19.6 Å². The van der Waals surface area contributed by atoms with Crippen molar-refractivity contribution in [3.8, 4) is 0 Å². The van der Waals surface area contributed by atoms with Crippen molar-refractivity contribution in [2.24, 2.45) is 5.92 Å². The first-order valence-electron chi connectivity index (χ1n) is 9.67. The summed E-state index contributed by atoms with van der Waals surface area (Å²) < 4.78 is 1.89. The first-order valence-corrected chi connectivity index (χ1v) is 9.67. The lowest BCUT2D eigenvalue weighted by molar-refractivity contribution is 0.0926. The predicted molar refractivity (Wildman–Crippen MR) is 107 cm³/mol. The summed E-state index contributed by atoms with van der Waals surface area (Å²) in [5.41, 5.74) is 3.78. The van der Waals surface area contributed by atoms with Gasteiger partial charge in [-0.3, -0.25) is 9.69 Å². The summed E-state index contributed by atoms with van der Waals surface area (Å²) in [5.74, 6) is 0.405. The van der Waals surface area contributed by atoms with Crippen molar-refractivity contribution < 1.29 is 4.79 Å². The monoisotopic (exact) mass is 362 g/mol. The Kier molecular flexibility index (Phi) is 5.21. The van der Waals surface area contributed by atoms with Gasteiger partial charge in [0.2, 0.25) is 0 Å². The molecule has 4 rings (SSSR count). The molecule has 140 valence electrons. The van der Waals surface area contributed by atoms with Gasteiger partial charge in [-0.2, -0.15) is 0 Å². The van der Waals surface area contributed by atoms with E-state index in [0.717, 1.165) is 37.3 Å². The van der Waals surface area contributed by atoms with Crippen molar-refractivity contribution in [1.82, 2.24) is 19.6 Å². The number of nitrogens with one attached hydrogen (secondary N) is 1. The number of rotatable bonds is 5. The highest BCUT2D eigenvalue weighted by Crippen LogP contribution is 2.18. The van der Waals surface area contributed by atoms with E-state index in [0.29, 0.717) is 18.2 Å². The van der Waals surface area contributed by atoms with E-state index in [1.54, 1.807) is 6.20 Å². The van der Waals surface area contributed by atoms with Crippen LogP contribution in [0.2, 0.25) is 0 Å². The summed E-state index contributed by atoms with van der Waals surface area (Å²) in [4.78, 5) is 19.5. The average Bonchev–Trinajstić information content (AvgIpc) is 3.10. The molecule has 5 heteroatoms. The number of hydrogen-bond donors (Lipinski definition) is 1. The molecule has 1 atom stereocenters. The Labute approximate surface area is 160 Å². The van der Waals surface area contributed by atoms with Crippen molar-refractivity contribution >= 4 is 11.6 Å². The molecule has 5 nitrogen and oxygen atoms in total. The molecule has 27 heavy (non-hydrogen) atoms. The number of carbonyl (C=O) groups is 1. The third kappa shape index (κ3) is 4.37. The van der Waals surface area contributed by atoms with Gasteiger partial charge < -0.3 is 9.72 Å². The van der Waals surface area contributed by atoms with Crippen molar-refractivity contribution in [1.29, 1.82) is 0 Å². The van der Waals surface area contributed by atoms with Gasteiger partial charge in [-0.15, -0.1) is 0 Å². The highest BCUT2D eigenvalue weighted by Gasteiger charge is 2.21. The van der Waals surface area contributed by atoms with Crippen LogP contribution in [0.25, 0.3) is 5.65 Å². The number of pyridine rings is 1. The maximum Gasteiger partial charge on any atom is 0.271 e. The summed E-state index contributed by atoms with van der Waals surface area (Å²) in [6.45, 7) is 5.87. The predicted octanol–water partition coefficient (Wildman–Crippen LogP) is 3.28. The van der Waals surface area contributed by atoms with Crippen LogP contribution in [0.15, 0.2) is 54.9 Å². The number of amides is 1. The smallest absolute Gasteiger partial charge is 0.271 e. The lowest BCUT2D eigenvalue weighted by Gasteiger charge is -2.32. The molecule has 0 bridgehead atoms. The Morgan fingerprint density at radius 1 is 1.26 bits per heavy atom. The molecule has 1 fully saturated rings. The van der Waals surface area contributed by atoms with Crippen LogP contribution >= 0.6 is 0 Å². The fraction of sp³-hybridized carbons (Fsp3) is 0.364. The molecular weight excluding hydrogens is 336 g/mol. The zero-order valence-corrected chi connectivity index (χ0v) is 15.8. The molecule has 0 saturated carbocycles. The second kappa shape index (κ2) is 7.92. The molecule has 1 N–H and O–H groups in total. The standard InChI is InChI=1S/C22H26N4O/c1-17-9-11-26-16-20(24-21(26)12-17)22(27)23-13-19-8-5-10-25(15-19)14-18-6-3-2-4-7-18/h2-4,6-7,9,11-12,16,19H,5,8,10,13-15H2,1H3,(H,23,27). The van der Waals surface area contributed by atoms with Gasteiger partial charge in [-0.05, 0) is 55.5 Å². The molecule has 0 spiro atoms. The fourth-order valence-electron chi connectivity index (χ4n) is 3.82. The minimum absolute atomic E-state index is 0.0865. The minimum Gasteiger partial charge on any atom is -0.350 e. The second-order valence-corrected chi connectivity index (χ2v) is 7.53. The van der Waals surface area contributed by atoms with E-state index in [1.807, 2.05) is 29.7 Å². The summed E-state index contributed by atoms with van der Waals surface area (Å²) in [6, 6.07) is 14.6. The zero-order chi connectivity index (χ0) is 18.6. The molecule has 1 amide bonds. The average molecular weight is 362 g/mol. The molecule has 0 aliphatic carbocycles. The summed E-state index contributed by atoms with van der Waals surface area (Å²) >= 11 is 0. The second-order valence-electron chi connectivity index (χ2n) is 7.53. The number of aromatic nitrogens is 2. The molecular formula is C22H26N4O. The molecule has 1 aromatic carbocycles. The van der Waals surface area contributed by atoms with E-state index in [9.17, 15) is 4.79 Å². The van der Waals surface area contributed by atoms with Crippen molar-refractivity contribution in [2.45, 2.75) is 26.3 Å². The van der Waals surface area contributed by atoms with Crippen LogP contribution in [-0.2, 0) is 6.54 Å². The number of carbonyl (C=O) groups excluding carboxylic acids is 1. The van der Waals surface area contributed by atoms with E-state index >= 15 is 0 Å². The first-order chi connectivity index (χ1) is 13.2. The van der Waals surface area contributed by atoms with Gasteiger partial charge >= 0.3 is 0 Å². The van der Waals surface area contributed by atoms with Crippen LogP contribution in [0.4, 0.5) is 0 Å². The largest absolute Gasteiger partial charge is 0.350 e. The maximum absolute atomic E-state index is 12.5. The molecule has 2 aromatic heterocycles. The summed E-state index contributed by atoms with van der Waals surface area (Å²) in [6.07, 6.45) is 6.08. The van der Waals surface area contributed by atoms with E-state index < -0.39 is 0 Å². The number of fused-ring (bicyclic) bond motifs is 1.